The molecule has 0 aromatic heterocycles. The molecule has 1 radical (unpaired) electrons. The molecule has 0 saturated heterocycles. The normalized spacial score (nSPS) is 7.71. The molecule has 0 amide bonds. The summed E-state index contributed by atoms with van der Waals surface area (Å²) in [5.74, 6) is 0. The third-order valence-corrected chi connectivity index (χ3v) is 0.346. The summed E-state index contributed by atoms with van der Waals surface area (Å²) in [5.41, 5.74) is 0. The molecule has 0 N–H and O–H groups in total. The minimum atomic E-state index is 0. The van der Waals surface area contributed by atoms with E-state index in [9.17, 15) is 0 Å². The van der Waals surface area contributed by atoms with Gasteiger partial charge in [-0.3, -0.25) is 0 Å². The Labute approximate surface area is 69.4 Å². The van der Waals surface area contributed by atoms with Gasteiger partial charge in [0.1, 0.15) is 0 Å². The van der Waals surface area contributed by atoms with Gasteiger partial charge in [-0.25, -0.2) is 9.78 Å². The molecule has 0 atom stereocenters. The van der Waals surface area contributed by atoms with Gasteiger partial charge in [-0.15, -0.1) is 0 Å². The second-order valence-corrected chi connectivity index (χ2v) is 0.842. The first-order valence-electron chi connectivity index (χ1n) is 1.86. The van der Waals surface area contributed by atoms with E-state index >= 15 is 0 Å². The molecule has 0 rings (SSSR count). The van der Waals surface area contributed by atoms with Crippen LogP contribution >= 0.6 is 0 Å². The second-order valence-electron chi connectivity index (χ2n) is 0.842. The minimum Gasteiger partial charge on any atom is -0.341 e. The van der Waals surface area contributed by atoms with Crippen LogP contribution in [0.1, 0.15) is 6.42 Å². The molecule has 41 valence electrons. The van der Waals surface area contributed by atoms with Gasteiger partial charge in [-0.1, -0.05) is 0 Å². The molecule has 2 nitrogen and oxygen atoms in total. The Bertz CT molecular complexity index is 21.7. The summed E-state index contributed by atoms with van der Waals surface area (Å²) in [6, 6.07) is 0. The van der Waals surface area contributed by atoms with E-state index in [0.29, 0.717) is 6.61 Å². The fraction of sp³-hybridized carbons (Fsp3) is 0.750. The molecule has 0 aliphatic rings. The smallest absolute Gasteiger partial charge is 0.0712 e. The molecule has 0 aromatic rings. The fourth-order valence-corrected chi connectivity index (χ4v) is 0.142. The monoisotopic (exact) mass is 178 g/mol. The predicted molar refractivity (Wildman–Crippen MR) is 22.9 cm³/mol. The third kappa shape index (κ3) is 10.9. The molecule has 0 aliphatic carbocycles. The molecule has 0 aromatic carbocycles. The van der Waals surface area contributed by atoms with E-state index in [1.165, 1.54) is 7.11 Å². The molecular formula is C4H9O2Y-. The van der Waals surface area contributed by atoms with E-state index < -0.39 is 0 Å². The van der Waals surface area contributed by atoms with Gasteiger partial charge >= 0.3 is 0 Å². The van der Waals surface area contributed by atoms with Crippen molar-refractivity contribution in [2.45, 2.75) is 6.42 Å². The zero-order valence-electron chi connectivity index (χ0n) is 4.52. The van der Waals surface area contributed by atoms with Crippen LogP contribution in [0.5, 0.6) is 0 Å². The van der Waals surface area contributed by atoms with Gasteiger partial charge in [-0.2, -0.15) is 6.42 Å². The Kier molecular flexibility index (Phi) is 15.7. The van der Waals surface area contributed by atoms with Crippen LogP contribution in [-0.2, 0) is 42.5 Å². The Hall–Kier alpha value is 1.02. The third-order valence-electron chi connectivity index (χ3n) is 0.346. The van der Waals surface area contributed by atoms with Crippen LogP contribution in [0.2, 0.25) is 0 Å². The van der Waals surface area contributed by atoms with Crippen molar-refractivity contribution in [1.29, 1.82) is 0 Å². The van der Waals surface area contributed by atoms with Crippen molar-refractivity contribution >= 4 is 0 Å². The maximum Gasteiger partial charge on any atom is 0.0712 e. The first-order valence-corrected chi connectivity index (χ1v) is 1.86. The van der Waals surface area contributed by atoms with Crippen LogP contribution in [0.15, 0.2) is 0 Å². The van der Waals surface area contributed by atoms with E-state index in [4.69, 9.17) is 0 Å². The summed E-state index contributed by atoms with van der Waals surface area (Å²) >= 11 is 0. The average Bonchev–Trinajstić information content (AvgIpc) is 1.61. The number of hydrogen-bond donors (Lipinski definition) is 0. The summed E-state index contributed by atoms with van der Waals surface area (Å²) in [7, 11) is 1.48. The summed E-state index contributed by atoms with van der Waals surface area (Å²) in [5, 5.41) is 0. The van der Waals surface area contributed by atoms with Crippen molar-refractivity contribution in [2.24, 2.45) is 0 Å². The topological polar surface area (TPSA) is 18.5 Å². The molecule has 0 fully saturated rings. The molecular weight excluding hydrogens is 169 g/mol. The van der Waals surface area contributed by atoms with Crippen LogP contribution in [0.25, 0.3) is 0 Å². The number of rotatable bonds is 3. The van der Waals surface area contributed by atoms with Gasteiger partial charge in [0.05, 0.1) is 13.7 Å². The van der Waals surface area contributed by atoms with Crippen LogP contribution in [0.4, 0.5) is 0 Å². The van der Waals surface area contributed by atoms with E-state index in [1.807, 2.05) is 0 Å². The minimum absolute atomic E-state index is 0. The second kappa shape index (κ2) is 10.1. The van der Waals surface area contributed by atoms with Crippen LogP contribution < -0.4 is 0 Å². The van der Waals surface area contributed by atoms with E-state index in [0.717, 1.165) is 6.42 Å². The molecule has 3 heteroatoms. The molecule has 0 bridgehead atoms. The van der Waals surface area contributed by atoms with Crippen molar-refractivity contribution in [3.05, 3.63) is 6.92 Å². The van der Waals surface area contributed by atoms with Gasteiger partial charge in [0.15, 0.2) is 0 Å². The molecule has 7 heavy (non-hydrogen) atoms. The van der Waals surface area contributed by atoms with Crippen molar-refractivity contribution < 1.29 is 42.5 Å². The van der Waals surface area contributed by atoms with Crippen molar-refractivity contribution in [2.75, 3.05) is 13.7 Å². The fourth-order valence-electron chi connectivity index (χ4n) is 0.142. The Balaban J connectivity index is 0. The largest absolute Gasteiger partial charge is 0.341 e. The van der Waals surface area contributed by atoms with Crippen molar-refractivity contribution in [3.63, 3.8) is 0 Å². The van der Waals surface area contributed by atoms with Gasteiger partial charge in [0, 0.05) is 32.7 Å². The summed E-state index contributed by atoms with van der Waals surface area (Å²) in [4.78, 5) is 8.66. The van der Waals surface area contributed by atoms with Crippen LogP contribution in [0.3, 0.4) is 0 Å². The average molecular weight is 178 g/mol. The van der Waals surface area contributed by atoms with Gasteiger partial charge in [0.2, 0.25) is 0 Å². The van der Waals surface area contributed by atoms with E-state index in [2.05, 4.69) is 16.7 Å². The SMILES string of the molecule is [CH2-]CCOOC.[Y]. The Morgan fingerprint density at radius 3 is 2.29 bits per heavy atom. The van der Waals surface area contributed by atoms with Gasteiger partial charge in [0.25, 0.3) is 0 Å². The summed E-state index contributed by atoms with van der Waals surface area (Å²) in [6.45, 7) is 4.10. The van der Waals surface area contributed by atoms with Gasteiger partial charge in [-0.05, 0) is 0 Å². The predicted octanol–water partition coefficient (Wildman–Crippen LogP) is 0.786. The molecule has 0 heterocycles. The van der Waals surface area contributed by atoms with Crippen LogP contribution in [0, 0.1) is 6.92 Å². The first kappa shape index (κ1) is 10.9. The summed E-state index contributed by atoms with van der Waals surface area (Å²) in [6.07, 6.45) is 0.758. The van der Waals surface area contributed by atoms with E-state index in [1.54, 1.807) is 0 Å². The van der Waals surface area contributed by atoms with Crippen molar-refractivity contribution in [1.82, 2.24) is 0 Å². The first-order chi connectivity index (χ1) is 2.91. The maximum atomic E-state index is 4.42. The molecule has 0 unspecified atom stereocenters. The molecule has 0 aliphatic heterocycles. The Morgan fingerprint density at radius 2 is 2.14 bits per heavy atom. The Morgan fingerprint density at radius 1 is 1.57 bits per heavy atom. The van der Waals surface area contributed by atoms with Gasteiger partial charge < -0.3 is 6.92 Å². The molecule has 0 saturated carbocycles. The zero-order valence-corrected chi connectivity index (χ0v) is 7.35. The summed E-state index contributed by atoms with van der Waals surface area (Å²) < 4.78 is 0. The molecule has 0 spiro atoms. The van der Waals surface area contributed by atoms with E-state index in [-0.39, 0.29) is 32.7 Å². The van der Waals surface area contributed by atoms with Crippen molar-refractivity contribution in [3.8, 4) is 0 Å². The number of hydrogen-bond acceptors (Lipinski definition) is 2. The quantitative estimate of drug-likeness (QED) is 0.275. The standard InChI is InChI=1S/C4H9O2.Y/c1-3-4-6-5-2;/h1,3-4H2,2H3;/q-1;. The maximum absolute atomic E-state index is 4.42. The van der Waals surface area contributed by atoms with Crippen LogP contribution in [-0.4, -0.2) is 13.7 Å². The zero-order chi connectivity index (χ0) is 4.83.